The van der Waals surface area contributed by atoms with E-state index in [0.29, 0.717) is 25.0 Å². The van der Waals surface area contributed by atoms with Crippen LogP contribution < -0.4 is 5.32 Å². The molecule has 3 rings (SSSR count). The Labute approximate surface area is 146 Å². The van der Waals surface area contributed by atoms with Crippen LogP contribution in [0.3, 0.4) is 0 Å². The van der Waals surface area contributed by atoms with Gasteiger partial charge in [-0.3, -0.25) is 9.59 Å². The monoisotopic (exact) mass is 342 g/mol. The number of anilines is 1. The highest BCUT2D eigenvalue weighted by Gasteiger charge is 2.44. The van der Waals surface area contributed by atoms with E-state index in [1.165, 1.54) is 0 Å². The van der Waals surface area contributed by atoms with Crippen molar-refractivity contribution in [2.45, 2.75) is 38.3 Å². The molecule has 2 aliphatic rings. The second kappa shape index (κ2) is 7.68. The van der Waals surface area contributed by atoms with Crippen LogP contribution in [-0.4, -0.2) is 31.3 Å². The van der Waals surface area contributed by atoms with Crippen molar-refractivity contribution in [3.8, 4) is 0 Å². The quantitative estimate of drug-likeness (QED) is 0.370. The van der Waals surface area contributed by atoms with Crippen LogP contribution in [0, 0.1) is 11.8 Å². The Bertz CT molecular complexity index is 727. The van der Waals surface area contributed by atoms with Crippen LogP contribution in [0.15, 0.2) is 23.3 Å². The Morgan fingerprint density at radius 3 is 2.96 bits per heavy atom. The molecule has 7 nitrogen and oxygen atoms in total. The zero-order valence-corrected chi connectivity index (χ0v) is 14.3. The number of hydrogen-bond acceptors (Lipinski definition) is 5. The summed E-state index contributed by atoms with van der Waals surface area (Å²) in [6.07, 6.45) is 2.51. The van der Waals surface area contributed by atoms with Gasteiger partial charge in [-0.15, -0.1) is 0 Å². The smallest absolute Gasteiger partial charge is 0.170 e. The molecule has 7 heteroatoms. The summed E-state index contributed by atoms with van der Waals surface area (Å²) in [5.74, 6) is 0.177. The third-order valence-electron chi connectivity index (χ3n) is 5.11. The van der Waals surface area contributed by atoms with Crippen molar-refractivity contribution in [3.05, 3.63) is 39.8 Å². The molecule has 1 aromatic rings. The molecule has 1 fully saturated rings. The first-order chi connectivity index (χ1) is 12.1. The lowest BCUT2D eigenvalue weighted by molar-refractivity contribution is -0.122. The standard InChI is InChI=1S/C18H22N4O3/c1-25-6-2-3-12-8-13(23)9-16-17(12)18(24)14-7-11(10-20-22-19)4-5-15(14)21-16/h4-5,7,12,16-17,21H,2-3,6,8-10H2,1H3. The Hall–Kier alpha value is -2.37. The van der Waals surface area contributed by atoms with Crippen molar-refractivity contribution in [3.63, 3.8) is 0 Å². The zero-order valence-electron chi connectivity index (χ0n) is 14.3. The predicted octanol–water partition coefficient (Wildman–Crippen LogP) is 3.50. The van der Waals surface area contributed by atoms with Gasteiger partial charge in [-0.2, -0.15) is 0 Å². The molecule has 0 bridgehead atoms. The van der Waals surface area contributed by atoms with E-state index in [1.54, 1.807) is 13.2 Å². The molecule has 3 atom stereocenters. The van der Waals surface area contributed by atoms with Gasteiger partial charge in [-0.1, -0.05) is 11.2 Å². The predicted molar refractivity (Wildman–Crippen MR) is 93.4 cm³/mol. The summed E-state index contributed by atoms with van der Waals surface area (Å²) in [4.78, 5) is 28.0. The summed E-state index contributed by atoms with van der Waals surface area (Å²) in [6.45, 7) is 0.859. The average Bonchev–Trinajstić information content (AvgIpc) is 2.60. The van der Waals surface area contributed by atoms with Gasteiger partial charge in [0.15, 0.2) is 5.78 Å². The highest BCUT2D eigenvalue weighted by molar-refractivity contribution is 6.06. The number of fused-ring (bicyclic) bond motifs is 2. The number of ketones is 2. The van der Waals surface area contributed by atoms with Crippen LogP contribution in [-0.2, 0) is 16.1 Å². The summed E-state index contributed by atoms with van der Waals surface area (Å²) < 4.78 is 5.11. The SMILES string of the molecule is COCCCC1CC(=O)CC2Nc3ccc(CN=[N+]=[N-])cc3C(=O)C12. The van der Waals surface area contributed by atoms with Crippen LogP contribution in [0.5, 0.6) is 0 Å². The van der Waals surface area contributed by atoms with Gasteiger partial charge in [0.25, 0.3) is 0 Å². The second-order valence-corrected chi connectivity index (χ2v) is 6.75. The summed E-state index contributed by atoms with van der Waals surface area (Å²) in [7, 11) is 1.66. The van der Waals surface area contributed by atoms with E-state index in [1.807, 2.05) is 12.1 Å². The van der Waals surface area contributed by atoms with Crippen LogP contribution in [0.1, 0.15) is 41.6 Å². The van der Waals surface area contributed by atoms with Crippen molar-refractivity contribution < 1.29 is 14.3 Å². The third kappa shape index (κ3) is 3.67. The first-order valence-corrected chi connectivity index (χ1v) is 8.59. The Morgan fingerprint density at radius 1 is 1.36 bits per heavy atom. The van der Waals surface area contributed by atoms with Crippen LogP contribution in [0.2, 0.25) is 0 Å². The minimum Gasteiger partial charge on any atom is -0.385 e. The molecule has 3 unspecified atom stereocenters. The number of hydrogen-bond donors (Lipinski definition) is 1. The van der Waals surface area contributed by atoms with E-state index in [4.69, 9.17) is 10.3 Å². The molecule has 0 radical (unpaired) electrons. The van der Waals surface area contributed by atoms with Crippen LogP contribution >= 0.6 is 0 Å². The largest absolute Gasteiger partial charge is 0.385 e. The van der Waals surface area contributed by atoms with Gasteiger partial charge in [0, 0.05) is 54.7 Å². The van der Waals surface area contributed by atoms with Crippen molar-refractivity contribution in [2.24, 2.45) is 17.0 Å². The van der Waals surface area contributed by atoms with E-state index in [2.05, 4.69) is 15.3 Å². The zero-order chi connectivity index (χ0) is 17.8. The fourth-order valence-corrected chi connectivity index (χ4v) is 4.02. The number of benzene rings is 1. The number of carbonyl (C=O) groups is 2. The lowest BCUT2D eigenvalue weighted by Gasteiger charge is -2.41. The number of nitrogens with zero attached hydrogens (tertiary/aromatic N) is 3. The summed E-state index contributed by atoms with van der Waals surface area (Å²) in [5.41, 5.74) is 10.7. The number of carbonyl (C=O) groups excluding carboxylic acids is 2. The molecular formula is C18H22N4O3. The maximum Gasteiger partial charge on any atom is 0.170 e. The Morgan fingerprint density at radius 2 is 2.20 bits per heavy atom. The minimum atomic E-state index is -0.184. The minimum absolute atomic E-state index is 0.0512. The molecule has 1 aromatic carbocycles. The third-order valence-corrected chi connectivity index (χ3v) is 5.11. The molecule has 1 N–H and O–H groups in total. The summed E-state index contributed by atoms with van der Waals surface area (Å²) in [6, 6.07) is 5.36. The molecule has 1 aliphatic carbocycles. The van der Waals surface area contributed by atoms with Gasteiger partial charge >= 0.3 is 0 Å². The molecule has 0 aromatic heterocycles. The normalized spacial score (nSPS) is 24.8. The van der Waals surface area contributed by atoms with Gasteiger partial charge in [-0.05, 0) is 42.0 Å². The van der Waals surface area contributed by atoms with Gasteiger partial charge in [0.05, 0.1) is 6.54 Å². The van der Waals surface area contributed by atoms with Crippen LogP contribution in [0.4, 0.5) is 5.69 Å². The maximum absolute atomic E-state index is 13.1. The number of nitrogens with one attached hydrogen (secondary N) is 1. The van der Waals surface area contributed by atoms with E-state index >= 15 is 0 Å². The number of Topliss-reactive ketones (excluding diaryl/α,β-unsaturated/α-hetero) is 2. The first kappa shape index (κ1) is 17.5. The van der Waals surface area contributed by atoms with Crippen LogP contribution in [0.25, 0.3) is 10.4 Å². The second-order valence-electron chi connectivity index (χ2n) is 6.75. The summed E-state index contributed by atoms with van der Waals surface area (Å²) in [5, 5.41) is 6.95. The average molecular weight is 342 g/mol. The topological polar surface area (TPSA) is 104 Å². The fraction of sp³-hybridized carbons (Fsp3) is 0.556. The molecule has 132 valence electrons. The van der Waals surface area contributed by atoms with Crippen molar-refractivity contribution >= 4 is 17.3 Å². The van der Waals surface area contributed by atoms with Gasteiger partial charge in [-0.25, -0.2) is 0 Å². The fourth-order valence-electron chi connectivity index (χ4n) is 4.02. The highest BCUT2D eigenvalue weighted by atomic mass is 16.5. The lowest BCUT2D eigenvalue weighted by atomic mass is 9.68. The molecule has 0 amide bonds. The number of rotatable bonds is 6. The molecule has 1 aliphatic heterocycles. The molecule has 25 heavy (non-hydrogen) atoms. The number of azide groups is 1. The Kier molecular flexibility index (Phi) is 5.36. The Balaban J connectivity index is 1.87. The van der Waals surface area contributed by atoms with Gasteiger partial charge in [0.1, 0.15) is 5.78 Å². The molecule has 1 saturated carbocycles. The molecular weight excluding hydrogens is 320 g/mol. The highest BCUT2D eigenvalue weighted by Crippen LogP contribution is 2.40. The molecule has 1 heterocycles. The van der Waals surface area contributed by atoms with E-state index in [-0.39, 0.29) is 36.0 Å². The summed E-state index contributed by atoms with van der Waals surface area (Å²) >= 11 is 0. The van der Waals surface area contributed by atoms with Crippen molar-refractivity contribution in [2.75, 3.05) is 19.0 Å². The number of methoxy groups -OCH3 is 1. The molecule has 0 spiro atoms. The van der Waals surface area contributed by atoms with Gasteiger partial charge in [0.2, 0.25) is 0 Å². The molecule has 0 saturated heterocycles. The van der Waals surface area contributed by atoms with E-state index in [9.17, 15) is 9.59 Å². The lowest BCUT2D eigenvalue weighted by Crippen LogP contribution is -2.48. The van der Waals surface area contributed by atoms with Gasteiger partial charge < -0.3 is 10.1 Å². The maximum atomic E-state index is 13.1. The van der Waals surface area contributed by atoms with Crippen molar-refractivity contribution in [1.82, 2.24) is 0 Å². The van der Waals surface area contributed by atoms with E-state index in [0.717, 1.165) is 24.1 Å². The van der Waals surface area contributed by atoms with Crippen molar-refractivity contribution in [1.29, 1.82) is 0 Å². The first-order valence-electron chi connectivity index (χ1n) is 8.59. The van der Waals surface area contributed by atoms with E-state index < -0.39 is 0 Å². The number of ether oxygens (including phenoxy) is 1.